The SMILES string of the molecule is CCC(C)NCc1cc(C)c(F)c(C)c1. The van der Waals surface area contributed by atoms with Crippen molar-refractivity contribution in [1.82, 2.24) is 5.32 Å². The van der Waals surface area contributed by atoms with Crippen molar-refractivity contribution in [2.24, 2.45) is 0 Å². The van der Waals surface area contributed by atoms with E-state index in [-0.39, 0.29) is 5.82 Å². The molecule has 0 fully saturated rings. The maximum atomic E-state index is 13.4. The molecule has 0 heterocycles. The molecule has 0 radical (unpaired) electrons. The highest BCUT2D eigenvalue weighted by molar-refractivity contribution is 5.30. The molecular weight excluding hydrogens is 189 g/mol. The summed E-state index contributed by atoms with van der Waals surface area (Å²) in [6.45, 7) is 8.75. The Morgan fingerprint density at radius 3 is 2.27 bits per heavy atom. The summed E-state index contributed by atoms with van der Waals surface area (Å²) < 4.78 is 13.4. The van der Waals surface area contributed by atoms with Crippen molar-refractivity contribution in [3.8, 4) is 0 Å². The van der Waals surface area contributed by atoms with Crippen LogP contribution in [0.4, 0.5) is 4.39 Å². The second-order valence-electron chi connectivity index (χ2n) is 4.23. The molecule has 1 unspecified atom stereocenters. The van der Waals surface area contributed by atoms with Crippen molar-refractivity contribution in [1.29, 1.82) is 0 Å². The normalized spacial score (nSPS) is 12.9. The van der Waals surface area contributed by atoms with E-state index in [2.05, 4.69) is 19.2 Å². The zero-order valence-corrected chi connectivity index (χ0v) is 10.0. The van der Waals surface area contributed by atoms with E-state index in [1.165, 1.54) is 0 Å². The van der Waals surface area contributed by atoms with Gasteiger partial charge >= 0.3 is 0 Å². The van der Waals surface area contributed by atoms with Crippen LogP contribution in [0.5, 0.6) is 0 Å². The van der Waals surface area contributed by atoms with Crippen LogP contribution in [0.1, 0.15) is 37.0 Å². The monoisotopic (exact) mass is 209 g/mol. The van der Waals surface area contributed by atoms with E-state index in [9.17, 15) is 4.39 Å². The summed E-state index contributed by atoms with van der Waals surface area (Å²) in [6, 6.07) is 4.34. The van der Waals surface area contributed by atoms with Gasteiger partial charge in [0.1, 0.15) is 5.82 Å². The van der Waals surface area contributed by atoms with Gasteiger partial charge in [-0.05, 0) is 43.9 Å². The number of aryl methyl sites for hydroxylation is 2. The van der Waals surface area contributed by atoms with E-state index in [1.54, 1.807) is 0 Å². The lowest BCUT2D eigenvalue weighted by Crippen LogP contribution is -2.24. The van der Waals surface area contributed by atoms with Crippen LogP contribution < -0.4 is 5.32 Å². The van der Waals surface area contributed by atoms with Crippen molar-refractivity contribution in [3.63, 3.8) is 0 Å². The molecule has 0 spiro atoms. The molecular formula is C13H20FN. The number of benzene rings is 1. The topological polar surface area (TPSA) is 12.0 Å². The molecule has 0 aliphatic carbocycles. The maximum absolute atomic E-state index is 13.4. The van der Waals surface area contributed by atoms with Gasteiger partial charge in [0.25, 0.3) is 0 Å². The molecule has 1 rings (SSSR count). The molecule has 1 aromatic carbocycles. The van der Waals surface area contributed by atoms with Gasteiger partial charge in [0.2, 0.25) is 0 Å². The van der Waals surface area contributed by atoms with Gasteiger partial charge in [0.15, 0.2) is 0 Å². The van der Waals surface area contributed by atoms with Gasteiger partial charge in [0.05, 0.1) is 0 Å². The highest BCUT2D eigenvalue weighted by atomic mass is 19.1. The molecule has 0 aliphatic rings. The molecule has 0 amide bonds. The highest BCUT2D eigenvalue weighted by Gasteiger charge is 2.04. The minimum Gasteiger partial charge on any atom is -0.310 e. The molecule has 0 saturated carbocycles. The van der Waals surface area contributed by atoms with Gasteiger partial charge in [0, 0.05) is 12.6 Å². The molecule has 1 nitrogen and oxygen atoms in total. The van der Waals surface area contributed by atoms with Crippen LogP contribution in [0.25, 0.3) is 0 Å². The summed E-state index contributed by atoms with van der Waals surface area (Å²) in [7, 11) is 0. The molecule has 0 aliphatic heterocycles. The lowest BCUT2D eigenvalue weighted by atomic mass is 10.1. The fourth-order valence-electron chi connectivity index (χ4n) is 1.57. The molecule has 2 heteroatoms. The Labute approximate surface area is 91.7 Å². The quantitative estimate of drug-likeness (QED) is 0.802. The van der Waals surface area contributed by atoms with E-state index in [1.807, 2.05) is 26.0 Å². The Morgan fingerprint density at radius 1 is 1.27 bits per heavy atom. The zero-order chi connectivity index (χ0) is 11.4. The molecule has 1 aromatic rings. The van der Waals surface area contributed by atoms with Crippen molar-refractivity contribution in [3.05, 3.63) is 34.6 Å². The van der Waals surface area contributed by atoms with Crippen molar-refractivity contribution in [2.75, 3.05) is 0 Å². The average Bonchev–Trinajstić information content (AvgIpc) is 2.22. The highest BCUT2D eigenvalue weighted by Crippen LogP contribution is 2.14. The first kappa shape index (κ1) is 12.2. The summed E-state index contributed by atoms with van der Waals surface area (Å²) >= 11 is 0. The Balaban J connectivity index is 2.70. The zero-order valence-electron chi connectivity index (χ0n) is 10.0. The van der Waals surface area contributed by atoms with Crippen LogP contribution in [0.15, 0.2) is 12.1 Å². The van der Waals surface area contributed by atoms with E-state index < -0.39 is 0 Å². The minimum atomic E-state index is -0.0812. The van der Waals surface area contributed by atoms with Crippen LogP contribution in [0.3, 0.4) is 0 Å². The number of hydrogen-bond donors (Lipinski definition) is 1. The minimum absolute atomic E-state index is 0.0812. The Bertz CT molecular complexity index is 310. The fraction of sp³-hybridized carbons (Fsp3) is 0.538. The summed E-state index contributed by atoms with van der Waals surface area (Å²) in [5.74, 6) is -0.0812. The third-order valence-electron chi connectivity index (χ3n) is 2.76. The first-order valence-corrected chi connectivity index (χ1v) is 5.53. The smallest absolute Gasteiger partial charge is 0.129 e. The number of rotatable bonds is 4. The van der Waals surface area contributed by atoms with Crippen LogP contribution >= 0.6 is 0 Å². The second-order valence-corrected chi connectivity index (χ2v) is 4.23. The Hall–Kier alpha value is -0.890. The largest absolute Gasteiger partial charge is 0.310 e. The summed E-state index contributed by atoms with van der Waals surface area (Å²) in [5.41, 5.74) is 2.62. The second kappa shape index (κ2) is 5.26. The predicted molar refractivity (Wildman–Crippen MR) is 62.5 cm³/mol. The van der Waals surface area contributed by atoms with E-state index in [4.69, 9.17) is 0 Å². The summed E-state index contributed by atoms with van der Waals surface area (Å²) in [6.07, 6.45) is 1.11. The van der Waals surface area contributed by atoms with E-state index >= 15 is 0 Å². The first-order valence-electron chi connectivity index (χ1n) is 5.53. The van der Waals surface area contributed by atoms with Gasteiger partial charge in [-0.2, -0.15) is 0 Å². The lowest BCUT2D eigenvalue weighted by molar-refractivity contribution is 0.532. The standard InChI is InChI=1S/C13H20FN/c1-5-11(4)15-8-12-6-9(2)13(14)10(3)7-12/h6-7,11,15H,5,8H2,1-4H3. The van der Waals surface area contributed by atoms with Crippen LogP contribution in [0, 0.1) is 19.7 Å². The van der Waals surface area contributed by atoms with Gasteiger partial charge in [-0.25, -0.2) is 4.39 Å². The van der Waals surface area contributed by atoms with Crippen molar-refractivity contribution < 1.29 is 4.39 Å². The Kier molecular flexibility index (Phi) is 4.28. The van der Waals surface area contributed by atoms with Crippen LogP contribution in [-0.4, -0.2) is 6.04 Å². The number of hydrogen-bond acceptors (Lipinski definition) is 1. The van der Waals surface area contributed by atoms with Crippen LogP contribution in [0.2, 0.25) is 0 Å². The first-order chi connectivity index (χ1) is 7.04. The number of halogens is 1. The van der Waals surface area contributed by atoms with Gasteiger partial charge in [-0.1, -0.05) is 19.1 Å². The van der Waals surface area contributed by atoms with Gasteiger partial charge in [-0.3, -0.25) is 0 Å². The predicted octanol–water partition coefficient (Wildman–Crippen LogP) is 3.33. The fourth-order valence-corrected chi connectivity index (χ4v) is 1.57. The molecule has 1 atom stereocenters. The van der Waals surface area contributed by atoms with E-state index in [0.717, 1.165) is 29.7 Å². The summed E-state index contributed by atoms with van der Waals surface area (Å²) in [4.78, 5) is 0. The van der Waals surface area contributed by atoms with Gasteiger partial charge < -0.3 is 5.32 Å². The third-order valence-corrected chi connectivity index (χ3v) is 2.76. The average molecular weight is 209 g/mol. The maximum Gasteiger partial charge on any atom is 0.129 e. The van der Waals surface area contributed by atoms with Gasteiger partial charge in [-0.15, -0.1) is 0 Å². The third kappa shape index (κ3) is 3.31. The molecule has 84 valence electrons. The van der Waals surface area contributed by atoms with Crippen molar-refractivity contribution in [2.45, 2.75) is 46.7 Å². The molecule has 0 aromatic heterocycles. The lowest BCUT2D eigenvalue weighted by Gasteiger charge is -2.12. The molecule has 0 bridgehead atoms. The van der Waals surface area contributed by atoms with Crippen LogP contribution in [-0.2, 0) is 6.54 Å². The molecule has 1 N–H and O–H groups in total. The Morgan fingerprint density at radius 2 is 1.80 bits per heavy atom. The molecule has 0 saturated heterocycles. The summed E-state index contributed by atoms with van der Waals surface area (Å²) in [5, 5.41) is 3.40. The number of nitrogens with one attached hydrogen (secondary N) is 1. The van der Waals surface area contributed by atoms with Crippen molar-refractivity contribution >= 4 is 0 Å². The van der Waals surface area contributed by atoms with E-state index in [0.29, 0.717) is 6.04 Å². The molecule has 15 heavy (non-hydrogen) atoms.